The zero-order chi connectivity index (χ0) is 23.2. The van der Waals surface area contributed by atoms with Gasteiger partial charge in [-0.25, -0.2) is 18.9 Å². The summed E-state index contributed by atoms with van der Waals surface area (Å²) in [6.07, 6.45) is 7.89. The number of carbonyl (C=O) groups excluding carboxylic acids is 1. The van der Waals surface area contributed by atoms with E-state index in [9.17, 15) is 9.18 Å². The minimum Gasteiger partial charge on any atom is -0.463 e. The molecule has 1 N–H and O–H groups in total. The van der Waals surface area contributed by atoms with Crippen molar-refractivity contribution in [1.82, 2.24) is 25.0 Å². The summed E-state index contributed by atoms with van der Waals surface area (Å²) in [5.41, 5.74) is 2.83. The second-order valence-corrected chi connectivity index (χ2v) is 7.15. The summed E-state index contributed by atoms with van der Waals surface area (Å²) in [7, 11) is 0. The molecular weight excluding hydrogens is 447 g/mol. The van der Waals surface area contributed by atoms with Gasteiger partial charge in [-0.1, -0.05) is 35.0 Å². The van der Waals surface area contributed by atoms with Crippen LogP contribution in [0.15, 0.2) is 67.1 Å². The number of nitrogens with one attached hydrogen (secondary N) is 1. The first kappa shape index (κ1) is 22.1. The first-order chi connectivity index (χ1) is 16.0. The summed E-state index contributed by atoms with van der Waals surface area (Å²) in [5.74, 6) is -0.181. The van der Waals surface area contributed by atoms with Crippen molar-refractivity contribution in [2.45, 2.75) is 6.92 Å². The van der Waals surface area contributed by atoms with Crippen LogP contribution in [0.4, 0.5) is 16.0 Å². The summed E-state index contributed by atoms with van der Waals surface area (Å²) in [6, 6.07) is 11.7. The normalized spacial score (nSPS) is 11.0. The lowest BCUT2D eigenvalue weighted by atomic mass is 10.0. The van der Waals surface area contributed by atoms with Gasteiger partial charge in [0.25, 0.3) is 0 Å². The molecule has 0 amide bonds. The Morgan fingerprint density at radius 1 is 1.27 bits per heavy atom. The van der Waals surface area contributed by atoms with Gasteiger partial charge in [-0.3, -0.25) is 0 Å². The van der Waals surface area contributed by atoms with E-state index in [1.54, 1.807) is 25.4 Å². The third-order valence-electron chi connectivity index (χ3n) is 4.48. The summed E-state index contributed by atoms with van der Waals surface area (Å²) in [5, 5.41) is 10.9. The smallest absolute Gasteiger partial charge is 0.330 e. The van der Waals surface area contributed by atoms with Gasteiger partial charge in [-0.2, -0.15) is 4.98 Å². The number of ether oxygens (including phenoxy) is 1. The van der Waals surface area contributed by atoms with Crippen LogP contribution in [-0.4, -0.2) is 37.5 Å². The van der Waals surface area contributed by atoms with Crippen molar-refractivity contribution in [3.05, 3.63) is 83.5 Å². The number of anilines is 2. The predicted octanol–water partition coefficient (Wildman–Crippen LogP) is 4.84. The maximum absolute atomic E-state index is 13.5. The van der Waals surface area contributed by atoms with Crippen LogP contribution in [0.25, 0.3) is 23.0 Å². The Bertz CT molecular complexity index is 1310. The van der Waals surface area contributed by atoms with Crippen LogP contribution in [0.2, 0.25) is 5.02 Å². The second-order valence-electron chi connectivity index (χ2n) is 6.74. The van der Waals surface area contributed by atoms with Gasteiger partial charge in [0, 0.05) is 23.5 Å². The number of esters is 1. The highest BCUT2D eigenvalue weighted by Crippen LogP contribution is 2.28. The molecule has 0 unspecified atom stereocenters. The number of hydrogen-bond donors (Lipinski definition) is 1. The zero-order valence-electron chi connectivity index (χ0n) is 17.4. The maximum atomic E-state index is 13.5. The molecule has 2 aromatic heterocycles. The monoisotopic (exact) mass is 464 g/mol. The second kappa shape index (κ2) is 10.0. The van der Waals surface area contributed by atoms with Crippen molar-refractivity contribution in [2.75, 3.05) is 11.9 Å². The van der Waals surface area contributed by atoms with Crippen LogP contribution in [0, 0.1) is 5.82 Å². The SMILES string of the molecule is CCOC(=O)/C=C/c1cccc(-c2cnc(Nc3ccc(F)c(Cl)c3)nc2-n2ccnn2)c1. The number of benzene rings is 2. The minimum absolute atomic E-state index is 0.0131. The molecule has 0 saturated heterocycles. The molecule has 166 valence electrons. The molecule has 0 atom stereocenters. The molecule has 0 saturated carbocycles. The van der Waals surface area contributed by atoms with Crippen molar-refractivity contribution in [1.29, 1.82) is 0 Å². The molecule has 8 nitrogen and oxygen atoms in total. The lowest BCUT2D eigenvalue weighted by molar-refractivity contribution is -0.137. The highest BCUT2D eigenvalue weighted by atomic mass is 35.5. The minimum atomic E-state index is -0.515. The molecule has 4 rings (SSSR count). The summed E-state index contributed by atoms with van der Waals surface area (Å²) in [6.45, 7) is 2.06. The van der Waals surface area contributed by atoms with Gasteiger partial charge in [-0.15, -0.1) is 5.10 Å². The van der Waals surface area contributed by atoms with E-state index in [4.69, 9.17) is 16.3 Å². The predicted molar refractivity (Wildman–Crippen MR) is 123 cm³/mol. The summed E-state index contributed by atoms with van der Waals surface area (Å²) < 4.78 is 19.9. The van der Waals surface area contributed by atoms with Gasteiger partial charge in [-0.05, 0) is 48.4 Å². The molecule has 2 aromatic carbocycles. The highest BCUT2D eigenvalue weighted by Gasteiger charge is 2.13. The van der Waals surface area contributed by atoms with Crippen molar-refractivity contribution < 1.29 is 13.9 Å². The Kier molecular flexibility index (Phi) is 6.70. The van der Waals surface area contributed by atoms with Crippen LogP contribution in [0.3, 0.4) is 0 Å². The molecule has 0 fully saturated rings. The van der Waals surface area contributed by atoms with Crippen LogP contribution >= 0.6 is 11.6 Å². The average molecular weight is 465 g/mol. The lowest BCUT2D eigenvalue weighted by Crippen LogP contribution is -2.06. The van der Waals surface area contributed by atoms with Gasteiger partial charge in [0.2, 0.25) is 5.95 Å². The number of carbonyl (C=O) groups is 1. The van der Waals surface area contributed by atoms with Crippen molar-refractivity contribution in [2.24, 2.45) is 0 Å². The Labute approximate surface area is 193 Å². The number of aromatic nitrogens is 5. The molecule has 4 aromatic rings. The Morgan fingerprint density at radius 2 is 2.15 bits per heavy atom. The molecule has 0 aliphatic heterocycles. The van der Waals surface area contributed by atoms with Crippen LogP contribution in [-0.2, 0) is 9.53 Å². The number of halogens is 2. The molecule has 2 heterocycles. The van der Waals surface area contributed by atoms with Gasteiger partial charge in [0.1, 0.15) is 5.82 Å². The topological polar surface area (TPSA) is 94.8 Å². The number of nitrogens with zero attached hydrogens (tertiary/aromatic N) is 5. The third kappa shape index (κ3) is 5.39. The molecule has 33 heavy (non-hydrogen) atoms. The van der Waals surface area contributed by atoms with E-state index in [1.807, 2.05) is 24.3 Å². The van der Waals surface area contributed by atoms with Crippen LogP contribution in [0.1, 0.15) is 12.5 Å². The molecule has 0 radical (unpaired) electrons. The number of rotatable bonds is 7. The summed E-state index contributed by atoms with van der Waals surface area (Å²) in [4.78, 5) is 20.6. The maximum Gasteiger partial charge on any atom is 0.330 e. The van der Waals surface area contributed by atoms with Crippen LogP contribution in [0.5, 0.6) is 0 Å². The molecule has 0 bridgehead atoms. The average Bonchev–Trinajstić information content (AvgIpc) is 3.35. The standard InChI is InChI=1S/C23H18ClFN6O2/c1-2-33-21(32)9-6-15-4-3-5-16(12-15)18-14-26-23(29-22(18)31-11-10-27-30-31)28-17-7-8-20(25)19(24)13-17/h3-14H,2H2,1H3,(H,26,28,29)/b9-6+. The summed E-state index contributed by atoms with van der Waals surface area (Å²) >= 11 is 5.86. The molecule has 0 aliphatic rings. The molecule has 0 aliphatic carbocycles. The fourth-order valence-electron chi connectivity index (χ4n) is 3.00. The largest absolute Gasteiger partial charge is 0.463 e. The van der Waals surface area contributed by atoms with Gasteiger partial charge in [0.05, 0.1) is 24.0 Å². The van der Waals surface area contributed by atoms with E-state index in [0.717, 1.165) is 11.1 Å². The zero-order valence-corrected chi connectivity index (χ0v) is 18.2. The first-order valence-electron chi connectivity index (χ1n) is 9.94. The van der Waals surface area contributed by atoms with E-state index in [0.29, 0.717) is 23.7 Å². The lowest BCUT2D eigenvalue weighted by Gasteiger charge is -2.12. The van der Waals surface area contributed by atoms with E-state index < -0.39 is 11.8 Å². The first-order valence-corrected chi connectivity index (χ1v) is 10.3. The quantitative estimate of drug-likeness (QED) is 0.309. The van der Waals surface area contributed by atoms with E-state index in [2.05, 4.69) is 25.6 Å². The van der Waals surface area contributed by atoms with Gasteiger partial charge in [0.15, 0.2) is 5.82 Å². The van der Waals surface area contributed by atoms with Gasteiger partial charge < -0.3 is 10.1 Å². The van der Waals surface area contributed by atoms with Crippen molar-refractivity contribution in [3.63, 3.8) is 0 Å². The molecular formula is C23H18ClFN6O2. The van der Waals surface area contributed by atoms with Crippen LogP contribution < -0.4 is 5.32 Å². The highest BCUT2D eigenvalue weighted by molar-refractivity contribution is 6.31. The van der Waals surface area contributed by atoms with E-state index >= 15 is 0 Å². The van der Waals surface area contributed by atoms with Crippen molar-refractivity contribution >= 4 is 35.3 Å². The molecule has 0 spiro atoms. The Balaban J connectivity index is 1.69. The number of hydrogen-bond acceptors (Lipinski definition) is 7. The van der Waals surface area contributed by atoms with Gasteiger partial charge >= 0.3 is 5.97 Å². The third-order valence-corrected chi connectivity index (χ3v) is 4.77. The van der Waals surface area contributed by atoms with E-state index in [-0.39, 0.29) is 11.0 Å². The fraction of sp³-hybridized carbons (Fsp3) is 0.0870. The fourth-order valence-corrected chi connectivity index (χ4v) is 3.18. The van der Waals surface area contributed by atoms with E-state index in [1.165, 1.54) is 35.2 Å². The Hall–Kier alpha value is -4.11. The van der Waals surface area contributed by atoms with Crippen molar-refractivity contribution in [3.8, 4) is 16.9 Å². The molecule has 10 heteroatoms. The Morgan fingerprint density at radius 3 is 2.91 bits per heavy atom.